The van der Waals surface area contributed by atoms with Crippen LogP contribution in [-0.4, -0.2) is 10.6 Å². The smallest absolute Gasteiger partial charge is 0.177 e. The maximum Gasteiger partial charge on any atom is 0.177 e. The Morgan fingerprint density at radius 1 is 0.654 bits per heavy atom. The Morgan fingerprint density at radius 2 is 1.19 bits per heavy atom. The molecule has 0 aliphatic rings. The van der Waals surface area contributed by atoms with Gasteiger partial charge < -0.3 is 0 Å². The van der Waals surface area contributed by atoms with Gasteiger partial charge in [0.15, 0.2) is 5.78 Å². The Kier molecular flexibility index (Phi) is 4.92. The SMILES string of the molecule is O=C(c1ccc2ccccc2c1)C(Br)C(Br)c1ccc2ccccc2c1. The highest BCUT2D eigenvalue weighted by atomic mass is 79.9. The van der Waals surface area contributed by atoms with Gasteiger partial charge in [0.05, 0.1) is 9.65 Å². The standard InChI is InChI=1S/C23H16Br2O/c24-21(19-11-9-15-5-1-3-7-17(15)13-19)22(25)23(26)20-12-10-16-6-2-4-8-18(16)14-20/h1-14,21-22H. The van der Waals surface area contributed by atoms with Crippen molar-refractivity contribution in [1.29, 1.82) is 0 Å². The number of alkyl halides is 2. The molecule has 0 heterocycles. The number of Topliss-reactive ketones (excluding diaryl/α,β-unsaturated/α-hetero) is 1. The molecular weight excluding hydrogens is 452 g/mol. The predicted octanol–water partition coefficient (Wildman–Crippen LogP) is 7.08. The van der Waals surface area contributed by atoms with E-state index in [4.69, 9.17) is 0 Å². The molecule has 2 unspecified atom stereocenters. The van der Waals surface area contributed by atoms with Crippen LogP contribution in [0.5, 0.6) is 0 Å². The summed E-state index contributed by atoms with van der Waals surface area (Å²) in [6.45, 7) is 0. The van der Waals surface area contributed by atoms with Gasteiger partial charge in [0.2, 0.25) is 0 Å². The van der Waals surface area contributed by atoms with E-state index in [0.717, 1.165) is 21.9 Å². The molecule has 0 aliphatic carbocycles. The van der Waals surface area contributed by atoms with E-state index in [-0.39, 0.29) is 15.4 Å². The number of rotatable bonds is 4. The van der Waals surface area contributed by atoms with Crippen LogP contribution in [0.2, 0.25) is 0 Å². The third kappa shape index (κ3) is 3.34. The number of carbonyl (C=O) groups excluding carboxylic acids is 1. The average molecular weight is 468 g/mol. The van der Waals surface area contributed by atoms with E-state index >= 15 is 0 Å². The zero-order valence-corrected chi connectivity index (χ0v) is 17.1. The van der Waals surface area contributed by atoms with Crippen molar-refractivity contribution in [2.45, 2.75) is 9.65 Å². The van der Waals surface area contributed by atoms with E-state index in [1.807, 2.05) is 48.5 Å². The van der Waals surface area contributed by atoms with Crippen LogP contribution in [0, 0.1) is 0 Å². The van der Waals surface area contributed by atoms with Gasteiger partial charge in [-0.2, -0.15) is 0 Å². The Balaban J connectivity index is 1.63. The van der Waals surface area contributed by atoms with Gasteiger partial charge >= 0.3 is 0 Å². The van der Waals surface area contributed by atoms with E-state index in [1.165, 1.54) is 10.8 Å². The summed E-state index contributed by atoms with van der Waals surface area (Å²) < 4.78 is 0. The number of hydrogen-bond acceptors (Lipinski definition) is 1. The molecule has 0 bridgehead atoms. The third-order valence-corrected chi connectivity index (χ3v) is 7.34. The minimum Gasteiger partial charge on any atom is -0.293 e. The summed E-state index contributed by atoms with van der Waals surface area (Å²) in [5.74, 6) is 0.0748. The van der Waals surface area contributed by atoms with Gasteiger partial charge in [0.25, 0.3) is 0 Å². The molecular formula is C23H16Br2O. The van der Waals surface area contributed by atoms with Crippen LogP contribution in [0.4, 0.5) is 0 Å². The number of hydrogen-bond donors (Lipinski definition) is 0. The molecule has 0 N–H and O–H groups in total. The minimum atomic E-state index is -0.343. The molecule has 0 saturated heterocycles. The van der Waals surface area contributed by atoms with Gasteiger partial charge in [-0.3, -0.25) is 4.79 Å². The topological polar surface area (TPSA) is 17.1 Å². The second-order valence-electron chi connectivity index (χ2n) is 6.34. The highest BCUT2D eigenvalue weighted by Gasteiger charge is 2.26. The van der Waals surface area contributed by atoms with Crippen molar-refractivity contribution in [1.82, 2.24) is 0 Å². The molecule has 128 valence electrons. The number of carbonyl (C=O) groups is 1. The van der Waals surface area contributed by atoms with Gasteiger partial charge in [-0.25, -0.2) is 0 Å². The van der Waals surface area contributed by atoms with E-state index in [1.54, 1.807) is 0 Å². The molecule has 0 spiro atoms. The summed E-state index contributed by atoms with van der Waals surface area (Å²) in [5, 5.41) is 4.59. The second-order valence-corrected chi connectivity index (χ2v) is 8.31. The zero-order chi connectivity index (χ0) is 18.1. The molecule has 0 aromatic heterocycles. The van der Waals surface area contributed by atoms with Gasteiger partial charge in [-0.15, -0.1) is 0 Å². The van der Waals surface area contributed by atoms with E-state index in [2.05, 4.69) is 68.3 Å². The quantitative estimate of drug-likeness (QED) is 0.231. The lowest BCUT2D eigenvalue weighted by molar-refractivity contribution is 0.0991. The van der Waals surface area contributed by atoms with Gasteiger partial charge in [0.1, 0.15) is 0 Å². The van der Waals surface area contributed by atoms with Gasteiger partial charge in [-0.1, -0.05) is 105 Å². The normalized spacial score (nSPS) is 13.6. The molecule has 3 heteroatoms. The predicted molar refractivity (Wildman–Crippen MR) is 117 cm³/mol. The number of ketones is 1. The fourth-order valence-electron chi connectivity index (χ4n) is 3.18. The van der Waals surface area contributed by atoms with Gasteiger partial charge in [-0.05, 0) is 39.2 Å². The van der Waals surface area contributed by atoms with Crippen molar-refractivity contribution < 1.29 is 4.79 Å². The lowest BCUT2D eigenvalue weighted by Gasteiger charge is -2.17. The molecule has 0 amide bonds. The number of halogens is 2. The molecule has 4 rings (SSSR count). The highest BCUT2D eigenvalue weighted by molar-refractivity contribution is 9.12. The minimum absolute atomic E-state index is 0.0748. The first-order chi connectivity index (χ1) is 12.6. The van der Waals surface area contributed by atoms with Crippen molar-refractivity contribution in [3.8, 4) is 0 Å². The van der Waals surface area contributed by atoms with Crippen molar-refractivity contribution >= 4 is 59.2 Å². The first-order valence-electron chi connectivity index (χ1n) is 8.43. The molecule has 26 heavy (non-hydrogen) atoms. The van der Waals surface area contributed by atoms with Crippen molar-refractivity contribution in [3.05, 3.63) is 96.1 Å². The fourth-order valence-corrected chi connectivity index (χ4v) is 4.28. The van der Waals surface area contributed by atoms with Crippen molar-refractivity contribution in [2.24, 2.45) is 0 Å². The zero-order valence-electron chi connectivity index (χ0n) is 13.9. The molecule has 0 fully saturated rings. The second kappa shape index (κ2) is 7.34. The third-order valence-electron chi connectivity index (χ3n) is 4.63. The summed E-state index contributed by atoms with van der Waals surface area (Å²) in [6, 6.07) is 28.5. The van der Waals surface area contributed by atoms with Crippen LogP contribution in [0.25, 0.3) is 21.5 Å². The van der Waals surface area contributed by atoms with Crippen LogP contribution < -0.4 is 0 Å². The lowest BCUT2D eigenvalue weighted by atomic mass is 9.98. The monoisotopic (exact) mass is 466 g/mol. The van der Waals surface area contributed by atoms with E-state index in [0.29, 0.717) is 0 Å². The van der Waals surface area contributed by atoms with Crippen LogP contribution >= 0.6 is 31.9 Å². The Labute approximate surface area is 169 Å². The summed E-state index contributed by atoms with van der Waals surface area (Å²) >= 11 is 7.33. The summed E-state index contributed by atoms with van der Waals surface area (Å²) in [4.78, 5) is 12.5. The highest BCUT2D eigenvalue weighted by Crippen LogP contribution is 2.35. The lowest BCUT2D eigenvalue weighted by Crippen LogP contribution is -2.19. The fraction of sp³-hybridized carbons (Fsp3) is 0.0870. The molecule has 4 aromatic carbocycles. The summed E-state index contributed by atoms with van der Waals surface area (Å²) in [7, 11) is 0. The first-order valence-corrected chi connectivity index (χ1v) is 10.3. The molecule has 4 aromatic rings. The molecule has 0 saturated carbocycles. The molecule has 2 atom stereocenters. The maximum atomic E-state index is 13.0. The van der Waals surface area contributed by atoms with Crippen LogP contribution in [0.15, 0.2) is 84.9 Å². The van der Waals surface area contributed by atoms with Crippen LogP contribution in [0.1, 0.15) is 20.7 Å². The molecule has 0 radical (unpaired) electrons. The Hall–Kier alpha value is -1.97. The van der Waals surface area contributed by atoms with Crippen LogP contribution in [0.3, 0.4) is 0 Å². The summed E-state index contributed by atoms with van der Waals surface area (Å²) in [5.41, 5.74) is 1.80. The van der Waals surface area contributed by atoms with Crippen LogP contribution in [-0.2, 0) is 0 Å². The number of benzene rings is 4. The van der Waals surface area contributed by atoms with E-state index < -0.39 is 0 Å². The van der Waals surface area contributed by atoms with Crippen molar-refractivity contribution in [3.63, 3.8) is 0 Å². The number of fused-ring (bicyclic) bond motifs is 2. The first kappa shape index (κ1) is 17.4. The summed E-state index contributed by atoms with van der Waals surface area (Å²) in [6.07, 6.45) is 0. The largest absolute Gasteiger partial charge is 0.293 e. The Morgan fingerprint density at radius 3 is 1.85 bits per heavy atom. The van der Waals surface area contributed by atoms with Crippen molar-refractivity contribution in [2.75, 3.05) is 0 Å². The Bertz CT molecular complexity index is 1100. The van der Waals surface area contributed by atoms with Gasteiger partial charge in [0, 0.05) is 5.56 Å². The molecule has 0 aliphatic heterocycles. The average Bonchev–Trinajstić information content (AvgIpc) is 2.71. The maximum absolute atomic E-state index is 13.0. The van der Waals surface area contributed by atoms with E-state index in [9.17, 15) is 4.79 Å². The molecule has 1 nitrogen and oxygen atoms in total.